The first-order chi connectivity index (χ1) is 12.3. The van der Waals surface area contributed by atoms with E-state index < -0.39 is 5.60 Å². The van der Waals surface area contributed by atoms with Gasteiger partial charge in [0, 0.05) is 6.54 Å². The Kier molecular flexibility index (Phi) is 7.37. The van der Waals surface area contributed by atoms with Gasteiger partial charge in [0.05, 0.1) is 18.7 Å². The number of piperidine rings is 1. The lowest BCUT2D eigenvalue weighted by molar-refractivity contribution is 0.00327. The number of likely N-dealkylation sites (tertiary alicyclic amines) is 1. The summed E-state index contributed by atoms with van der Waals surface area (Å²) in [6, 6.07) is 1.66. The molecule has 7 nitrogen and oxygen atoms in total. The molecule has 1 unspecified atom stereocenters. The van der Waals surface area contributed by atoms with Crippen LogP contribution in [0.3, 0.4) is 0 Å². The van der Waals surface area contributed by atoms with Crippen LogP contribution in [0.15, 0.2) is 11.2 Å². The van der Waals surface area contributed by atoms with Crippen LogP contribution in [-0.4, -0.2) is 58.6 Å². The van der Waals surface area contributed by atoms with Gasteiger partial charge < -0.3 is 19.1 Å². The monoisotopic (exact) mass is 383 g/mol. The van der Waals surface area contributed by atoms with E-state index in [0.29, 0.717) is 36.7 Å². The molecule has 1 saturated heterocycles. The van der Waals surface area contributed by atoms with Gasteiger partial charge in [-0.15, -0.1) is 0 Å². The van der Waals surface area contributed by atoms with Gasteiger partial charge >= 0.3 is 6.09 Å². The van der Waals surface area contributed by atoms with Gasteiger partial charge in [-0.05, 0) is 53.2 Å². The molecule has 0 spiro atoms. The van der Waals surface area contributed by atoms with E-state index in [-0.39, 0.29) is 12.1 Å². The van der Waals surface area contributed by atoms with Crippen LogP contribution in [0.1, 0.15) is 47.0 Å². The number of carbonyl (C=O) groups excluding carboxylic acids is 1. The standard InChI is InChI=1S/C18H29N3O4S/c1-6-23-14-11-15(20-16(19-14)26-5)24-12-13-9-7-8-10-21(13)17(22)25-18(2,3)4/h11,13H,6-10,12H2,1-5H3. The van der Waals surface area contributed by atoms with Gasteiger partial charge in [-0.1, -0.05) is 11.8 Å². The molecule has 0 aliphatic carbocycles. The first kappa shape index (κ1) is 20.6. The smallest absolute Gasteiger partial charge is 0.410 e. The quantitative estimate of drug-likeness (QED) is 0.547. The number of hydrogen-bond acceptors (Lipinski definition) is 7. The molecule has 1 aromatic heterocycles. The van der Waals surface area contributed by atoms with Crippen LogP contribution < -0.4 is 9.47 Å². The van der Waals surface area contributed by atoms with E-state index in [4.69, 9.17) is 14.2 Å². The van der Waals surface area contributed by atoms with E-state index in [2.05, 4.69) is 9.97 Å². The third kappa shape index (κ3) is 6.23. The van der Waals surface area contributed by atoms with E-state index in [1.165, 1.54) is 11.8 Å². The summed E-state index contributed by atoms with van der Waals surface area (Å²) in [6.45, 7) is 9.12. The zero-order valence-corrected chi connectivity index (χ0v) is 17.1. The fourth-order valence-electron chi connectivity index (χ4n) is 2.69. The first-order valence-corrected chi connectivity index (χ1v) is 10.2. The van der Waals surface area contributed by atoms with Gasteiger partial charge in [-0.2, -0.15) is 9.97 Å². The highest BCUT2D eigenvalue weighted by Crippen LogP contribution is 2.24. The van der Waals surface area contributed by atoms with E-state index in [1.54, 1.807) is 11.0 Å². The second kappa shape index (κ2) is 9.30. The van der Waals surface area contributed by atoms with Crippen LogP contribution in [0, 0.1) is 0 Å². The maximum atomic E-state index is 12.5. The number of carbonyl (C=O) groups is 1. The molecule has 26 heavy (non-hydrogen) atoms. The van der Waals surface area contributed by atoms with Crippen molar-refractivity contribution in [2.75, 3.05) is 26.0 Å². The minimum absolute atomic E-state index is 0.0261. The molecule has 0 radical (unpaired) electrons. The van der Waals surface area contributed by atoms with Crippen molar-refractivity contribution in [3.05, 3.63) is 6.07 Å². The zero-order valence-electron chi connectivity index (χ0n) is 16.3. The summed E-state index contributed by atoms with van der Waals surface area (Å²) in [5, 5.41) is 0.596. The van der Waals surface area contributed by atoms with E-state index in [0.717, 1.165) is 19.3 Å². The Morgan fingerprint density at radius 2 is 1.96 bits per heavy atom. The number of amides is 1. The summed E-state index contributed by atoms with van der Waals surface area (Å²) in [4.78, 5) is 22.9. The third-order valence-electron chi connectivity index (χ3n) is 3.81. The van der Waals surface area contributed by atoms with Gasteiger partial charge in [-0.3, -0.25) is 0 Å². The predicted octanol–water partition coefficient (Wildman–Crippen LogP) is 3.77. The third-order valence-corrected chi connectivity index (χ3v) is 4.36. The van der Waals surface area contributed by atoms with Crippen molar-refractivity contribution in [1.82, 2.24) is 14.9 Å². The van der Waals surface area contributed by atoms with Crippen molar-refractivity contribution in [3.63, 3.8) is 0 Å². The summed E-state index contributed by atoms with van der Waals surface area (Å²) < 4.78 is 16.9. The van der Waals surface area contributed by atoms with Gasteiger partial charge in [0.1, 0.15) is 12.2 Å². The molecule has 0 N–H and O–H groups in total. The molecule has 0 aromatic carbocycles. The molecule has 0 saturated carbocycles. The molecule has 1 aliphatic heterocycles. The lowest BCUT2D eigenvalue weighted by Gasteiger charge is -2.36. The van der Waals surface area contributed by atoms with Crippen LogP contribution in [0.4, 0.5) is 4.79 Å². The molecule has 1 atom stereocenters. The Morgan fingerprint density at radius 1 is 1.27 bits per heavy atom. The molecule has 2 rings (SSSR count). The van der Waals surface area contributed by atoms with E-state index >= 15 is 0 Å². The van der Waals surface area contributed by atoms with Gasteiger partial charge in [-0.25, -0.2) is 4.79 Å². The van der Waals surface area contributed by atoms with Crippen molar-refractivity contribution < 1.29 is 19.0 Å². The summed E-state index contributed by atoms with van der Waals surface area (Å²) in [5.41, 5.74) is -0.508. The average Bonchev–Trinajstić information content (AvgIpc) is 2.59. The van der Waals surface area contributed by atoms with Crippen LogP contribution in [-0.2, 0) is 4.74 Å². The highest BCUT2D eigenvalue weighted by atomic mass is 32.2. The summed E-state index contributed by atoms with van der Waals surface area (Å²) >= 11 is 1.43. The van der Waals surface area contributed by atoms with Crippen molar-refractivity contribution >= 4 is 17.9 Å². The second-order valence-electron chi connectivity index (χ2n) is 7.10. The Hall–Kier alpha value is -1.70. The minimum atomic E-state index is -0.508. The van der Waals surface area contributed by atoms with Crippen LogP contribution in [0.2, 0.25) is 0 Å². The summed E-state index contributed by atoms with van der Waals surface area (Å²) in [7, 11) is 0. The Bertz CT molecular complexity index is 607. The van der Waals surface area contributed by atoms with Gasteiger partial charge in [0.2, 0.25) is 11.8 Å². The SMILES string of the molecule is CCOc1cc(OCC2CCCCN2C(=O)OC(C)(C)C)nc(SC)n1. The molecule has 146 valence electrons. The molecule has 1 aliphatic rings. The maximum Gasteiger partial charge on any atom is 0.410 e. The number of thioether (sulfide) groups is 1. The van der Waals surface area contributed by atoms with Crippen LogP contribution in [0.25, 0.3) is 0 Å². The zero-order chi connectivity index (χ0) is 19.2. The fourth-order valence-corrected chi connectivity index (χ4v) is 3.05. The number of rotatable bonds is 6. The normalized spacial score (nSPS) is 17.7. The second-order valence-corrected chi connectivity index (χ2v) is 7.87. The molecule has 1 fully saturated rings. The molecule has 2 heterocycles. The fraction of sp³-hybridized carbons (Fsp3) is 0.722. The topological polar surface area (TPSA) is 73.8 Å². The number of nitrogens with zero attached hydrogens (tertiary/aromatic N) is 3. The van der Waals surface area contributed by atoms with Crippen LogP contribution >= 0.6 is 11.8 Å². The first-order valence-electron chi connectivity index (χ1n) is 9.00. The predicted molar refractivity (Wildman–Crippen MR) is 101 cm³/mol. The number of aromatic nitrogens is 2. The lowest BCUT2D eigenvalue weighted by atomic mass is 10.0. The van der Waals surface area contributed by atoms with Crippen molar-refractivity contribution in [2.24, 2.45) is 0 Å². The summed E-state index contributed by atoms with van der Waals surface area (Å²) in [6.07, 6.45) is 4.55. The summed E-state index contributed by atoms with van der Waals surface area (Å²) in [5.74, 6) is 0.956. The minimum Gasteiger partial charge on any atom is -0.478 e. The molecular weight excluding hydrogens is 354 g/mol. The largest absolute Gasteiger partial charge is 0.478 e. The van der Waals surface area contributed by atoms with Gasteiger partial charge in [0.25, 0.3) is 0 Å². The number of ether oxygens (including phenoxy) is 3. The Labute approximate surface area is 159 Å². The van der Waals surface area contributed by atoms with E-state index in [1.807, 2.05) is 34.0 Å². The lowest BCUT2D eigenvalue weighted by Crippen LogP contribution is -2.48. The molecule has 0 bridgehead atoms. The Morgan fingerprint density at radius 3 is 2.58 bits per heavy atom. The van der Waals surface area contributed by atoms with Crippen molar-refractivity contribution in [3.8, 4) is 11.8 Å². The Balaban J connectivity index is 2.04. The van der Waals surface area contributed by atoms with Gasteiger partial charge in [0.15, 0.2) is 5.16 Å². The average molecular weight is 384 g/mol. The van der Waals surface area contributed by atoms with Crippen molar-refractivity contribution in [2.45, 2.75) is 63.8 Å². The van der Waals surface area contributed by atoms with E-state index in [9.17, 15) is 4.79 Å². The number of hydrogen-bond donors (Lipinski definition) is 0. The highest BCUT2D eigenvalue weighted by molar-refractivity contribution is 7.98. The van der Waals surface area contributed by atoms with Crippen molar-refractivity contribution in [1.29, 1.82) is 0 Å². The molecule has 8 heteroatoms. The molecule has 1 aromatic rings. The maximum absolute atomic E-state index is 12.5. The molecule has 1 amide bonds. The van der Waals surface area contributed by atoms with Crippen LogP contribution in [0.5, 0.6) is 11.8 Å². The highest BCUT2D eigenvalue weighted by Gasteiger charge is 2.31. The molecular formula is C18H29N3O4S.